The highest BCUT2D eigenvalue weighted by Crippen LogP contribution is 2.32. The number of nitrogens with two attached hydrogens (primary N) is 2. The van der Waals surface area contributed by atoms with Gasteiger partial charge in [0.2, 0.25) is 10.0 Å². The highest BCUT2D eigenvalue weighted by Gasteiger charge is 2.20. The molecule has 0 aliphatic carbocycles. The SMILES string of the molecule is CCCN(O)C(=O)C1=Cc2ccc(-c3cncc(S(N)(=O)=O)c3)cc2N=C(N)C1. The molecule has 0 saturated heterocycles. The standard InChI is InChI=1S/C19H21N5O4S/c1-2-5-24(26)19(25)14-6-13-4-3-12(8-17(13)23-18(20)9-14)15-7-16(11-22-10-15)29(21,27)28/h3-4,6-8,10-11,26H,2,5,9H2,1H3,(H2,20,23)(H2,21,27,28). The number of carbonyl (C=O) groups is 1. The van der Waals surface area contributed by atoms with Gasteiger partial charge in [0.25, 0.3) is 5.91 Å². The summed E-state index contributed by atoms with van der Waals surface area (Å²) in [5.74, 6) is -0.297. The molecule has 1 aromatic carbocycles. The monoisotopic (exact) mass is 415 g/mol. The second-order valence-corrected chi connectivity index (χ2v) is 8.17. The van der Waals surface area contributed by atoms with Gasteiger partial charge in [-0.05, 0) is 30.2 Å². The number of hydrogen-bond donors (Lipinski definition) is 3. The van der Waals surface area contributed by atoms with E-state index in [-0.39, 0.29) is 23.7 Å². The van der Waals surface area contributed by atoms with Crippen LogP contribution in [0, 0.1) is 0 Å². The molecule has 0 unspecified atom stereocenters. The van der Waals surface area contributed by atoms with E-state index >= 15 is 0 Å². The summed E-state index contributed by atoms with van der Waals surface area (Å²) in [6.45, 7) is 2.07. The fourth-order valence-corrected chi connectivity index (χ4v) is 3.42. The summed E-state index contributed by atoms with van der Waals surface area (Å²) in [4.78, 5) is 20.6. The van der Waals surface area contributed by atoms with Crippen molar-refractivity contribution in [2.24, 2.45) is 15.9 Å². The first-order valence-corrected chi connectivity index (χ1v) is 10.4. The zero-order valence-electron chi connectivity index (χ0n) is 15.7. The van der Waals surface area contributed by atoms with E-state index in [2.05, 4.69) is 9.98 Å². The third-order valence-corrected chi connectivity index (χ3v) is 5.20. The largest absolute Gasteiger partial charge is 0.387 e. The van der Waals surface area contributed by atoms with E-state index in [4.69, 9.17) is 10.9 Å². The predicted molar refractivity (Wildman–Crippen MR) is 109 cm³/mol. The van der Waals surface area contributed by atoms with Crippen LogP contribution >= 0.6 is 0 Å². The lowest BCUT2D eigenvalue weighted by Gasteiger charge is -2.15. The fraction of sp³-hybridized carbons (Fsp3) is 0.211. The van der Waals surface area contributed by atoms with E-state index in [1.54, 1.807) is 24.3 Å². The van der Waals surface area contributed by atoms with Crippen molar-refractivity contribution in [2.75, 3.05) is 6.54 Å². The zero-order chi connectivity index (χ0) is 21.2. The van der Waals surface area contributed by atoms with E-state index in [1.807, 2.05) is 6.92 Å². The normalized spacial score (nSPS) is 13.8. The Labute approximate surface area is 168 Å². The number of hydrogen-bond acceptors (Lipinski definition) is 7. The van der Waals surface area contributed by atoms with Gasteiger partial charge in [-0.15, -0.1) is 0 Å². The second-order valence-electron chi connectivity index (χ2n) is 6.61. The minimum Gasteiger partial charge on any atom is -0.387 e. The van der Waals surface area contributed by atoms with Gasteiger partial charge in [-0.3, -0.25) is 15.0 Å². The maximum absolute atomic E-state index is 12.4. The van der Waals surface area contributed by atoms with Gasteiger partial charge in [-0.25, -0.2) is 23.6 Å². The number of rotatable bonds is 5. The Bertz CT molecular complexity index is 1130. The molecule has 9 nitrogen and oxygen atoms in total. The number of carbonyl (C=O) groups excluding carboxylic acids is 1. The number of pyridine rings is 1. The first-order valence-electron chi connectivity index (χ1n) is 8.85. The maximum Gasteiger partial charge on any atom is 0.273 e. The highest BCUT2D eigenvalue weighted by molar-refractivity contribution is 7.89. The van der Waals surface area contributed by atoms with Gasteiger partial charge in [-0.1, -0.05) is 19.1 Å². The lowest BCUT2D eigenvalue weighted by Crippen LogP contribution is -2.30. The molecule has 3 rings (SSSR count). The summed E-state index contributed by atoms with van der Waals surface area (Å²) in [6.07, 6.45) is 5.05. The number of nitrogens with zero attached hydrogens (tertiary/aromatic N) is 3. The minimum atomic E-state index is -3.88. The molecule has 10 heteroatoms. The van der Waals surface area contributed by atoms with Crippen molar-refractivity contribution in [3.05, 3.63) is 47.8 Å². The Morgan fingerprint density at radius 3 is 2.69 bits per heavy atom. The summed E-state index contributed by atoms with van der Waals surface area (Å²) in [5, 5.41) is 15.7. The number of hydroxylamine groups is 2. The molecule has 0 spiro atoms. The van der Waals surface area contributed by atoms with Crippen LogP contribution in [-0.2, 0) is 14.8 Å². The molecule has 1 aliphatic rings. The van der Waals surface area contributed by atoms with Gasteiger partial charge in [-0.2, -0.15) is 0 Å². The van der Waals surface area contributed by atoms with E-state index in [0.717, 1.165) is 0 Å². The third kappa shape index (κ3) is 4.67. The van der Waals surface area contributed by atoms with E-state index in [9.17, 15) is 18.4 Å². The molecule has 0 saturated carbocycles. The molecule has 1 aliphatic heterocycles. The quantitative estimate of drug-likeness (QED) is 0.500. The van der Waals surface area contributed by atoms with E-state index in [0.29, 0.717) is 39.4 Å². The number of amidine groups is 1. The van der Waals surface area contributed by atoms with E-state index < -0.39 is 15.9 Å². The molecule has 0 atom stereocenters. The van der Waals surface area contributed by atoms with Crippen molar-refractivity contribution >= 4 is 33.5 Å². The number of amides is 1. The molecule has 5 N–H and O–H groups in total. The van der Waals surface area contributed by atoms with Crippen LogP contribution in [0.2, 0.25) is 0 Å². The molecule has 1 amide bonds. The number of benzene rings is 1. The molecule has 2 aromatic rings. The van der Waals surface area contributed by atoms with Crippen LogP contribution in [0.1, 0.15) is 25.3 Å². The molecule has 0 fully saturated rings. The average Bonchev–Trinajstić information content (AvgIpc) is 2.84. The van der Waals surface area contributed by atoms with Crippen LogP contribution < -0.4 is 10.9 Å². The molecule has 29 heavy (non-hydrogen) atoms. The molecule has 152 valence electrons. The smallest absolute Gasteiger partial charge is 0.273 e. The topological polar surface area (TPSA) is 152 Å². The summed E-state index contributed by atoms with van der Waals surface area (Å²) in [5.41, 5.74) is 8.67. The molecule has 0 radical (unpaired) electrons. The van der Waals surface area contributed by atoms with Gasteiger partial charge in [0.1, 0.15) is 10.7 Å². The lowest BCUT2D eigenvalue weighted by atomic mass is 10.0. The van der Waals surface area contributed by atoms with Crippen molar-refractivity contribution < 1.29 is 18.4 Å². The van der Waals surface area contributed by atoms with Crippen molar-refractivity contribution in [3.8, 4) is 11.1 Å². The first-order chi connectivity index (χ1) is 13.7. The van der Waals surface area contributed by atoms with Gasteiger partial charge in [0.05, 0.1) is 5.69 Å². The van der Waals surface area contributed by atoms with Crippen molar-refractivity contribution in [3.63, 3.8) is 0 Å². The van der Waals surface area contributed by atoms with Crippen LogP contribution in [0.5, 0.6) is 0 Å². The van der Waals surface area contributed by atoms with Crippen LogP contribution in [0.4, 0.5) is 5.69 Å². The maximum atomic E-state index is 12.4. The average molecular weight is 415 g/mol. The number of primary sulfonamides is 1. The molecule has 0 bridgehead atoms. The summed E-state index contributed by atoms with van der Waals surface area (Å²) >= 11 is 0. The Morgan fingerprint density at radius 2 is 2.00 bits per heavy atom. The van der Waals surface area contributed by atoms with Gasteiger partial charge in [0, 0.05) is 42.1 Å². The van der Waals surface area contributed by atoms with Crippen LogP contribution in [0.25, 0.3) is 17.2 Å². The number of aromatic nitrogens is 1. The minimum absolute atomic E-state index is 0.0975. The first kappa shape index (κ1) is 20.6. The summed E-state index contributed by atoms with van der Waals surface area (Å²) in [6, 6.07) is 6.64. The van der Waals surface area contributed by atoms with Gasteiger partial charge in [0.15, 0.2) is 0 Å². The number of aliphatic imine (C=N–C) groups is 1. The molecular formula is C19H21N5O4S. The van der Waals surface area contributed by atoms with Crippen LogP contribution in [-0.4, -0.2) is 42.0 Å². The van der Waals surface area contributed by atoms with Crippen molar-refractivity contribution in [2.45, 2.75) is 24.7 Å². The predicted octanol–water partition coefficient (Wildman–Crippen LogP) is 1.80. The lowest BCUT2D eigenvalue weighted by molar-refractivity contribution is -0.160. The summed E-state index contributed by atoms with van der Waals surface area (Å²) < 4.78 is 23.1. The second kappa shape index (κ2) is 8.11. The number of fused-ring (bicyclic) bond motifs is 1. The van der Waals surface area contributed by atoms with Gasteiger partial charge < -0.3 is 5.73 Å². The Morgan fingerprint density at radius 1 is 1.24 bits per heavy atom. The Kier molecular flexibility index (Phi) is 5.78. The van der Waals surface area contributed by atoms with Crippen molar-refractivity contribution in [1.82, 2.24) is 10.0 Å². The van der Waals surface area contributed by atoms with Crippen molar-refractivity contribution in [1.29, 1.82) is 0 Å². The molecule has 2 heterocycles. The zero-order valence-corrected chi connectivity index (χ0v) is 16.6. The Hall–Kier alpha value is -3.08. The Balaban J connectivity index is 2.02. The number of sulfonamides is 1. The van der Waals surface area contributed by atoms with Crippen LogP contribution in [0.3, 0.4) is 0 Å². The van der Waals surface area contributed by atoms with Gasteiger partial charge >= 0.3 is 0 Å². The molecular weight excluding hydrogens is 394 g/mol. The van der Waals surface area contributed by atoms with E-state index in [1.165, 1.54) is 18.5 Å². The highest BCUT2D eigenvalue weighted by atomic mass is 32.2. The van der Waals surface area contributed by atoms with Crippen LogP contribution in [0.15, 0.2) is 52.1 Å². The fourth-order valence-electron chi connectivity index (χ4n) is 2.92. The molecule has 1 aromatic heterocycles. The summed E-state index contributed by atoms with van der Waals surface area (Å²) in [7, 11) is -3.88. The third-order valence-electron chi connectivity index (χ3n) is 4.32.